The Morgan fingerprint density at radius 3 is 2.77 bits per heavy atom. The molecule has 3 heteroatoms. The lowest BCUT2D eigenvalue weighted by Crippen LogP contribution is -2.23. The quantitative estimate of drug-likeness (QED) is 0.439. The minimum atomic E-state index is -0.395. The first-order chi connectivity index (χ1) is 6.24. The summed E-state index contributed by atoms with van der Waals surface area (Å²) in [6, 6.07) is 0. The Hall–Kier alpha value is -0.380. The van der Waals surface area contributed by atoms with E-state index in [1.165, 1.54) is 0 Å². The van der Waals surface area contributed by atoms with Gasteiger partial charge in [-0.15, -0.1) is 6.58 Å². The minimum Gasteiger partial charge on any atom is -0.391 e. The minimum absolute atomic E-state index is 0.378. The first-order valence-electron chi connectivity index (χ1n) is 4.81. The van der Waals surface area contributed by atoms with Crippen molar-refractivity contribution in [1.29, 1.82) is 0 Å². The van der Waals surface area contributed by atoms with E-state index in [1.54, 1.807) is 6.08 Å². The third-order valence-corrected chi connectivity index (χ3v) is 2.06. The van der Waals surface area contributed by atoms with Crippen molar-refractivity contribution in [1.82, 2.24) is 0 Å². The van der Waals surface area contributed by atoms with E-state index in [0.717, 1.165) is 12.8 Å². The maximum absolute atomic E-state index is 9.49. The summed E-state index contributed by atoms with van der Waals surface area (Å²) in [5.41, 5.74) is 5.52. The topological polar surface area (TPSA) is 55.5 Å². The molecular weight excluding hydrogens is 166 g/mol. The molecule has 3 nitrogen and oxygen atoms in total. The van der Waals surface area contributed by atoms with Crippen LogP contribution in [0.2, 0.25) is 0 Å². The van der Waals surface area contributed by atoms with Crippen LogP contribution in [0.1, 0.15) is 19.8 Å². The van der Waals surface area contributed by atoms with E-state index in [0.29, 0.717) is 25.7 Å². The molecule has 78 valence electrons. The first kappa shape index (κ1) is 12.6. The lowest BCUT2D eigenvalue weighted by atomic mass is 9.99. The highest BCUT2D eigenvalue weighted by molar-refractivity contribution is 4.67. The second-order valence-corrected chi connectivity index (χ2v) is 3.23. The molecule has 0 fully saturated rings. The molecule has 0 saturated carbocycles. The van der Waals surface area contributed by atoms with E-state index in [-0.39, 0.29) is 0 Å². The smallest absolute Gasteiger partial charge is 0.0777 e. The van der Waals surface area contributed by atoms with Crippen LogP contribution in [0.25, 0.3) is 0 Å². The highest BCUT2D eigenvalue weighted by Gasteiger charge is 2.11. The number of hydrogen-bond acceptors (Lipinski definition) is 3. The molecule has 0 spiro atoms. The molecule has 0 aromatic heterocycles. The fourth-order valence-corrected chi connectivity index (χ4v) is 1.17. The molecule has 0 aliphatic heterocycles. The van der Waals surface area contributed by atoms with E-state index in [4.69, 9.17) is 10.5 Å². The van der Waals surface area contributed by atoms with Crippen LogP contribution in [0.3, 0.4) is 0 Å². The van der Waals surface area contributed by atoms with Crippen LogP contribution >= 0.6 is 0 Å². The molecule has 0 aromatic rings. The Morgan fingerprint density at radius 2 is 2.31 bits per heavy atom. The molecule has 3 N–H and O–H groups in total. The number of nitrogens with two attached hydrogens (primary N) is 1. The van der Waals surface area contributed by atoms with Gasteiger partial charge in [-0.25, -0.2) is 0 Å². The summed E-state index contributed by atoms with van der Waals surface area (Å²) in [4.78, 5) is 0. The van der Waals surface area contributed by atoms with Crippen molar-refractivity contribution in [2.75, 3.05) is 19.8 Å². The monoisotopic (exact) mass is 187 g/mol. The average molecular weight is 187 g/mol. The summed E-state index contributed by atoms with van der Waals surface area (Å²) in [5, 5.41) is 9.49. The summed E-state index contributed by atoms with van der Waals surface area (Å²) in [6.45, 7) is 7.11. The van der Waals surface area contributed by atoms with Gasteiger partial charge in [0.25, 0.3) is 0 Å². The van der Waals surface area contributed by atoms with Crippen LogP contribution in [-0.4, -0.2) is 31.0 Å². The van der Waals surface area contributed by atoms with Crippen molar-refractivity contribution in [3.8, 4) is 0 Å². The number of aliphatic hydroxyl groups excluding tert-OH is 1. The van der Waals surface area contributed by atoms with Crippen molar-refractivity contribution in [2.45, 2.75) is 25.9 Å². The molecule has 0 radical (unpaired) electrons. The van der Waals surface area contributed by atoms with Gasteiger partial charge in [0.2, 0.25) is 0 Å². The SMILES string of the molecule is C=CCOCC(O)CC(CC)CN. The van der Waals surface area contributed by atoms with Gasteiger partial charge in [0.1, 0.15) is 0 Å². The fourth-order valence-electron chi connectivity index (χ4n) is 1.17. The summed E-state index contributed by atoms with van der Waals surface area (Å²) < 4.78 is 5.13. The van der Waals surface area contributed by atoms with E-state index in [9.17, 15) is 5.11 Å². The molecular formula is C10H21NO2. The van der Waals surface area contributed by atoms with Crippen LogP contribution in [0.15, 0.2) is 12.7 Å². The molecule has 13 heavy (non-hydrogen) atoms. The average Bonchev–Trinajstić information content (AvgIpc) is 2.14. The Bertz CT molecular complexity index is 124. The van der Waals surface area contributed by atoms with Crippen LogP contribution in [0.5, 0.6) is 0 Å². The van der Waals surface area contributed by atoms with Crippen LogP contribution in [0.4, 0.5) is 0 Å². The van der Waals surface area contributed by atoms with Gasteiger partial charge in [-0.1, -0.05) is 19.4 Å². The molecule has 2 atom stereocenters. The number of hydrogen-bond donors (Lipinski definition) is 2. The van der Waals surface area contributed by atoms with E-state index in [1.807, 2.05) is 0 Å². The Kier molecular flexibility index (Phi) is 7.99. The molecule has 0 aliphatic rings. The van der Waals surface area contributed by atoms with E-state index < -0.39 is 6.10 Å². The summed E-state index contributed by atoms with van der Waals surface area (Å²) >= 11 is 0. The lowest BCUT2D eigenvalue weighted by molar-refractivity contribution is 0.0353. The molecule has 0 saturated heterocycles. The molecule has 0 aliphatic carbocycles. The molecule has 0 aromatic carbocycles. The zero-order chi connectivity index (χ0) is 10.1. The van der Waals surface area contributed by atoms with Gasteiger partial charge in [0.05, 0.1) is 19.3 Å². The highest BCUT2D eigenvalue weighted by atomic mass is 16.5. The first-order valence-corrected chi connectivity index (χ1v) is 4.81. The molecule has 0 bridgehead atoms. The van der Waals surface area contributed by atoms with E-state index in [2.05, 4.69) is 13.5 Å². The van der Waals surface area contributed by atoms with Gasteiger partial charge >= 0.3 is 0 Å². The molecule has 0 rings (SSSR count). The molecule has 0 amide bonds. The predicted molar refractivity (Wildman–Crippen MR) is 54.5 cm³/mol. The third kappa shape index (κ3) is 6.75. The highest BCUT2D eigenvalue weighted by Crippen LogP contribution is 2.09. The second kappa shape index (κ2) is 8.23. The third-order valence-electron chi connectivity index (χ3n) is 2.06. The number of aliphatic hydroxyl groups is 1. The molecule has 0 heterocycles. The largest absolute Gasteiger partial charge is 0.391 e. The summed E-state index contributed by atoms with van der Waals surface area (Å²) in [7, 11) is 0. The zero-order valence-electron chi connectivity index (χ0n) is 8.41. The predicted octanol–water partition coefficient (Wildman–Crippen LogP) is 0.925. The van der Waals surface area contributed by atoms with Gasteiger partial charge in [-0.05, 0) is 18.9 Å². The van der Waals surface area contributed by atoms with Crippen LogP contribution < -0.4 is 5.73 Å². The Balaban J connectivity index is 3.47. The standard InChI is InChI=1S/C10H21NO2/c1-3-5-13-8-10(12)6-9(4-2)7-11/h3,9-10,12H,1,4-8,11H2,2H3. The fraction of sp³-hybridized carbons (Fsp3) is 0.800. The molecule has 2 unspecified atom stereocenters. The van der Waals surface area contributed by atoms with Gasteiger partial charge in [-0.2, -0.15) is 0 Å². The maximum atomic E-state index is 9.49. The van der Waals surface area contributed by atoms with Crippen molar-refractivity contribution in [3.05, 3.63) is 12.7 Å². The Labute approximate surface area is 80.6 Å². The second-order valence-electron chi connectivity index (χ2n) is 3.23. The summed E-state index contributed by atoms with van der Waals surface area (Å²) in [5.74, 6) is 0.405. The number of ether oxygens (including phenoxy) is 1. The maximum Gasteiger partial charge on any atom is 0.0777 e. The Morgan fingerprint density at radius 1 is 1.62 bits per heavy atom. The van der Waals surface area contributed by atoms with Crippen molar-refractivity contribution in [3.63, 3.8) is 0 Å². The van der Waals surface area contributed by atoms with Gasteiger partial charge in [0.15, 0.2) is 0 Å². The van der Waals surface area contributed by atoms with Crippen molar-refractivity contribution in [2.24, 2.45) is 11.7 Å². The lowest BCUT2D eigenvalue weighted by Gasteiger charge is -2.16. The van der Waals surface area contributed by atoms with Gasteiger partial charge in [0, 0.05) is 0 Å². The zero-order valence-corrected chi connectivity index (χ0v) is 8.41. The van der Waals surface area contributed by atoms with Crippen LogP contribution in [-0.2, 0) is 4.74 Å². The van der Waals surface area contributed by atoms with Gasteiger partial charge < -0.3 is 15.6 Å². The van der Waals surface area contributed by atoms with Crippen molar-refractivity contribution < 1.29 is 9.84 Å². The van der Waals surface area contributed by atoms with Crippen molar-refractivity contribution >= 4 is 0 Å². The van der Waals surface area contributed by atoms with E-state index >= 15 is 0 Å². The normalized spacial score (nSPS) is 15.3. The number of rotatable bonds is 8. The van der Waals surface area contributed by atoms with Gasteiger partial charge in [-0.3, -0.25) is 0 Å². The summed E-state index contributed by atoms with van der Waals surface area (Å²) in [6.07, 6.45) is 3.01. The van der Waals surface area contributed by atoms with Crippen LogP contribution in [0, 0.1) is 5.92 Å².